The molecule has 0 radical (unpaired) electrons. The highest BCUT2D eigenvalue weighted by Crippen LogP contribution is 2.14. The Morgan fingerprint density at radius 1 is 1.21 bits per heavy atom. The number of ether oxygens (including phenoxy) is 2. The van der Waals surface area contributed by atoms with Crippen molar-refractivity contribution in [1.29, 1.82) is 0 Å². The first-order valence-corrected chi connectivity index (χ1v) is 7.52. The molecule has 2 rings (SSSR count). The molecule has 0 aromatic heterocycles. The van der Waals surface area contributed by atoms with E-state index in [4.69, 9.17) is 9.47 Å². The van der Waals surface area contributed by atoms with E-state index < -0.39 is 10.0 Å². The van der Waals surface area contributed by atoms with Crippen LogP contribution in [0.4, 0.5) is 0 Å². The van der Waals surface area contributed by atoms with Gasteiger partial charge in [-0.15, -0.1) is 0 Å². The minimum Gasteiger partial charge on any atom is -0.497 e. The normalized spacial score (nSPS) is 17.7. The highest BCUT2D eigenvalue weighted by atomic mass is 32.2. The molecule has 1 aliphatic rings. The zero-order chi connectivity index (χ0) is 13.7. The number of methoxy groups -OCH3 is 1. The Kier molecular flexibility index (Phi) is 4.57. The van der Waals surface area contributed by atoms with Crippen LogP contribution in [0.3, 0.4) is 0 Å². The van der Waals surface area contributed by atoms with Crippen LogP contribution < -0.4 is 4.74 Å². The average molecular weight is 283 g/mol. The van der Waals surface area contributed by atoms with Gasteiger partial charge in [0.25, 0.3) is 0 Å². The van der Waals surface area contributed by atoms with E-state index in [-0.39, 0.29) is 0 Å². The second-order valence-electron chi connectivity index (χ2n) is 4.13. The molecule has 0 amide bonds. The molecule has 0 aliphatic carbocycles. The van der Waals surface area contributed by atoms with Crippen molar-refractivity contribution in [2.24, 2.45) is 0 Å². The molecule has 1 aliphatic heterocycles. The first-order valence-electron chi connectivity index (χ1n) is 6.02. The van der Waals surface area contributed by atoms with E-state index in [1.54, 1.807) is 25.3 Å². The van der Waals surface area contributed by atoms with Crippen LogP contribution in [0.25, 0.3) is 6.08 Å². The van der Waals surface area contributed by atoms with Crippen LogP contribution in [0.15, 0.2) is 29.7 Å². The first-order chi connectivity index (χ1) is 9.12. The fourth-order valence-corrected chi connectivity index (χ4v) is 2.93. The van der Waals surface area contributed by atoms with Crippen LogP contribution in [-0.4, -0.2) is 46.1 Å². The van der Waals surface area contributed by atoms with Gasteiger partial charge in [-0.05, 0) is 23.8 Å². The third kappa shape index (κ3) is 3.79. The minimum atomic E-state index is -3.36. The fourth-order valence-electron chi connectivity index (χ4n) is 1.77. The van der Waals surface area contributed by atoms with Gasteiger partial charge < -0.3 is 9.47 Å². The van der Waals surface area contributed by atoms with Crippen molar-refractivity contribution in [3.8, 4) is 5.75 Å². The number of benzene rings is 1. The minimum absolute atomic E-state index is 0.412. The summed E-state index contributed by atoms with van der Waals surface area (Å²) in [6.07, 6.45) is 1.59. The number of hydrogen-bond acceptors (Lipinski definition) is 4. The topological polar surface area (TPSA) is 55.8 Å². The van der Waals surface area contributed by atoms with Crippen LogP contribution in [0.5, 0.6) is 5.75 Å². The summed E-state index contributed by atoms with van der Waals surface area (Å²) in [5.41, 5.74) is 0.817. The summed E-state index contributed by atoms with van der Waals surface area (Å²) in [5.74, 6) is 0.744. The highest BCUT2D eigenvalue weighted by Gasteiger charge is 2.21. The molecule has 0 spiro atoms. The Labute approximate surface area is 113 Å². The lowest BCUT2D eigenvalue weighted by Crippen LogP contribution is -2.39. The van der Waals surface area contributed by atoms with Gasteiger partial charge in [0, 0.05) is 18.5 Å². The second kappa shape index (κ2) is 6.18. The van der Waals surface area contributed by atoms with Crippen molar-refractivity contribution in [3.63, 3.8) is 0 Å². The average Bonchev–Trinajstić information content (AvgIpc) is 2.47. The van der Waals surface area contributed by atoms with Gasteiger partial charge in [-0.25, -0.2) is 8.42 Å². The summed E-state index contributed by atoms with van der Waals surface area (Å²) < 4.78 is 35.7. The predicted molar refractivity (Wildman–Crippen MR) is 73.3 cm³/mol. The van der Waals surface area contributed by atoms with Crippen molar-refractivity contribution < 1.29 is 17.9 Å². The molecule has 0 saturated carbocycles. The van der Waals surface area contributed by atoms with Gasteiger partial charge in [-0.2, -0.15) is 4.31 Å². The maximum absolute atomic E-state index is 12.0. The Morgan fingerprint density at radius 2 is 1.84 bits per heavy atom. The van der Waals surface area contributed by atoms with Crippen LogP contribution in [-0.2, 0) is 14.8 Å². The number of rotatable bonds is 4. The van der Waals surface area contributed by atoms with Gasteiger partial charge in [0.15, 0.2) is 0 Å². The summed E-state index contributed by atoms with van der Waals surface area (Å²) in [5, 5.41) is 1.24. The zero-order valence-corrected chi connectivity index (χ0v) is 11.6. The maximum atomic E-state index is 12.0. The van der Waals surface area contributed by atoms with E-state index in [0.29, 0.717) is 26.3 Å². The smallest absolute Gasteiger partial charge is 0.236 e. The quantitative estimate of drug-likeness (QED) is 0.836. The largest absolute Gasteiger partial charge is 0.497 e. The lowest BCUT2D eigenvalue weighted by atomic mass is 10.2. The molecule has 1 saturated heterocycles. The molecule has 1 aromatic carbocycles. The molecule has 0 unspecified atom stereocenters. The monoisotopic (exact) mass is 283 g/mol. The number of hydrogen-bond donors (Lipinski definition) is 0. The number of nitrogens with zero attached hydrogens (tertiary/aromatic N) is 1. The van der Waals surface area contributed by atoms with Crippen molar-refractivity contribution >= 4 is 16.1 Å². The van der Waals surface area contributed by atoms with Gasteiger partial charge >= 0.3 is 0 Å². The molecule has 1 heterocycles. The Balaban J connectivity index is 2.07. The molecule has 19 heavy (non-hydrogen) atoms. The van der Waals surface area contributed by atoms with E-state index in [0.717, 1.165) is 11.3 Å². The highest BCUT2D eigenvalue weighted by molar-refractivity contribution is 7.92. The summed E-state index contributed by atoms with van der Waals surface area (Å²) in [4.78, 5) is 0. The lowest BCUT2D eigenvalue weighted by Gasteiger charge is -2.24. The molecule has 0 N–H and O–H groups in total. The van der Waals surface area contributed by atoms with Crippen LogP contribution in [0.2, 0.25) is 0 Å². The van der Waals surface area contributed by atoms with Gasteiger partial charge in [0.2, 0.25) is 10.0 Å². The second-order valence-corrected chi connectivity index (χ2v) is 5.95. The van der Waals surface area contributed by atoms with Crippen LogP contribution in [0, 0.1) is 0 Å². The third-order valence-electron chi connectivity index (χ3n) is 2.88. The van der Waals surface area contributed by atoms with E-state index >= 15 is 0 Å². The number of morpholine rings is 1. The lowest BCUT2D eigenvalue weighted by molar-refractivity contribution is 0.0736. The molecule has 0 bridgehead atoms. The molecule has 1 fully saturated rings. The molecule has 5 nitrogen and oxygen atoms in total. The first kappa shape index (κ1) is 14.0. The summed E-state index contributed by atoms with van der Waals surface area (Å²) in [6.45, 7) is 1.73. The summed E-state index contributed by atoms with van der Waals surface area (Å²) in [7, 11) is -1.76. The SMILES string of the molecule is COc1ccc(/C=C/S(=O)(=O)N2CCOCC2)cc1. The Morgan fingerprint density at radius 3 is 2.42 bits per heavy atom. The van der Waals surface area contributed by atoms with E-state index in [2.05, 4.69) is 0 Å². The van der Waals surface area contributed by atoms with Crippen molar-refractivity contribution in [3.05, 3.63) is 35.2 Å². The molecular formula is C13H17NO4S. The van der Waals surface area contributed by atoms with Gasteiger partial charge in [-0.1, -0.05) is 12.1 Å². The molecule has 6 heteroatoms. The van der Waals surface area contributed by atoms with Gasteiger partial charge in [0.05, 0.1) is 20.3 Å². The summed E-state index contributed by atoms with van der Waals surface area (Å²) in [6, 6.07) is 7.20. The van der Waals surface area contributed by atoms with E-state index in [1.807, 2.05) is 12.1 Å². The third-order valence-corrected chi connectivity index (χ3v) is 4.44. The van der Waals surface area contributed by atoms with Crippen LogP contribution in [0.1, 0.15) is 5.56 Å². The Bertz CT molecular complexity index is 530. The van der Waals surface area contributed by atoms with Crippen molar-refractivity contribution in [2.75, 3.05) is 33.4 Å². The zero-order valence-electron chi connectivity index (χ0n) is 10.8. The molecule has 0 atom stereocenters. The molecule has 104 valence electrons. The fraction of sp³-hybridized carbons (Fsp3) is 0.385. The Hall–Kier alpha value is -1.37. The molecule has 1 aromatic rings. The van der Waals surface area contributed by atoms with Crippen molar-refractivity contribution in [1.82, 2.24) is 4.31 Å². The molecular weight excluding hydrogens is 266 g/mol. The van der Waals surface area contributed by atoms with Crippen LogP contribution >= 0.6 is 0 Å². The number of sulfonamides is 1. The van der Waals surface area contributed by atoms with Crippen molar-refractivity contribution in [2.45, 2.75) is 0 Å². The van der Waals surface area contributed by atoms with E-state index in [1.165, 1.54) is 9.71 Å². The maximum Gasteiger partial charge on any atom is 0.236 e. The van der Waals surface area contributed by atoms with E-state index in [9.17, 15) is 8.42 Å². The predicted octanol–water partition coefficient (Wildman–Crippen LogP) is 1.33. The van der Waals surface area contributed by atoms with Gasteiger partial charge in [-0.3, -0.25) is 0 Å². The standard InChI is InChI=1S/C13H17NO4S/c1-17-13-4-2-12(3-5-13)6-11-19(15,16)14-7-9-18-10-8-14/h2-6,11H,7-10H2,1H3/b11-6+. The summed E-state index contributed by atoms with van der Waals surface area (Å²) >= 11 is 0. The van der Waals surface area contributed by atoms with Gasteiger partial charge in [0.1, 0.15) is 5.75 Å².